The largest absolute Gasteiger partial charge is 0.477 e. The molecule has 0 amide bonds. The van der Waals surface area contributed by atoms with Crippen LogP contribution in [0.3, 0.4) is 0 Å². The molecule has 8 heteroatoms. The lowest BCUT2D eigenvalue weighted by molar-refractivity contribution is -0.138. The second-order valence-electron chi connectivity index (χ2n) is 6.26. The van der Waals surface area contributed by atoms with Crippen molar-refractivity contribution in [3.05, 3.63) is 46.8 Å². The van der Waals surface area contributed by atoms with E-state index in [9.17, 15) is 27.5 Å². The lowest BCUT2D eigenvalue weighted by atomic mass is 10.0. The monoisotopic (exact) mass is 369 g/mol. The summed E-state index contributed by atoms with van der Waals surface area (Å²) in [6.45, 7) is 1.61. The van der Waals surface area contributed by atoms with Crippen LogP contribution in [0.15, 0.2) is 24.3 Å². The van der Waals surface area contributed by atoms with Gasteiger partial charge in [-0.05, 0) is 43.4 Å². The van der Waals surface area contributed by atoms with Gasteiger partial charge in [-0.1, -0.05) is 12.1 Å². The Morgan fingerprint density at radius 2 is 2.00 bits per heavy atom. The van der Waals surface area contributed by atoms with Crippen LogP contribution in [0, 0.1) is 18.7 Å². The van der Waals surface area contributed by atoms with Crippen molar-refractivity contribution in [1.29, 1.82) is 0 Å². The van der Waals surface area contributed by atoms with Gasteiger partial charge in [-0.3, -0.25) is 0 Å². The van der Waals surface area contributed by atoms with Gasteiger partial charge in [-0.25, -0.2) is 14.2 Å². The molecule has 0 aliphatic heterocycles. The minimum atomic E-state index is -4.92. The van der Waals surface area contributed by atoms with Crippen LogP contribution in [-0.4, -0.2) is 22.7 Å². The summed E-state index contributed by atoms with van der Waals surface area (Å²) in [4.78, 5) is 15.4. The zero-order valence-corrected chi connectivity index (χ0v) is 13.7. The molecule has 0 unspecified atom stereocenters. The fraction of sp³-hybridized carbons (Fsp3) is 0.333. The first-order valence-electron chi connectivity index (χ1n) is 7.91. The average Bonchev–Trinajstić information content (AvgIpc) is 3.38. The van der Waals surface area contributed by atoms with E-state index in [4.69, 9.17) is 4.74 Å². The molecule has 1 aliphatic carbocycles. The molecule has 1 N–H and O–H groups in total. The summed E-state index contributed by atoms with van der Waals surface area (Å²) in [5.74, 6) is -2.79. The molecule has 0 radical (unpaired) electrons. The Morgan fingerprint density at radius 1 is 1.31 bits per heavy atom. The Bertz CT molecular complexity index is 860. The van der Waals surface area contributed by atoms with E-state index in [1.54, 1.807) is 0 Å². The van der Waals surface area contributed by atoms with Crippen LogP contribution < -0.4 is 4.74 Å². The van der Waals surface area contributed by atoms with Crippen LogP contribution in [0.5, 0.6) is 5.88 Å². The number of rotatable bonds is 5. The van der Waals surface area contributed by atoms with E-state index in [0.29, 0.717) is 11.6 Å². The van der Waals surface area contributed by atoms with Crippen LogP contribution in [0.4, 0.5) is 17.6 Å². The molecule has 1 saturated carbocycles. The zero-order chi connectivity index (χ0) is 19.1. The summed E-state index contributed by atoms with van der Waals surface area (Å²) in [6.07, 6.45) is -3.18. The van der Waals surface area contributed by atoms with Gasteiger partial charge >= 0.3 is 12.1 Å². The lowest BCUT2D eigenvalue weighted by Gasteiger charge is -2.16. The molecular weight excluding hydrogens is 354 g/mol. The Hall–Kier alpha value is -2.64. The highest BCUT2D eigenvalue weighted by Gasteiger charge is 2.39. The van der Waals surface area contributed by atoms with E-state index in [-0.39, 0.29) is 23.8 Å². The summed E-state index contributed by atoms with van der Waals surface area (Å²) in [7, 11) is 0. The molecule has 2 aromatic rings. The molecular formula is C18H15F4NO3. The molecule has 1 heterocycles. The first kappa shape index (κ1) is 18.2. The molecule has 0 saturated heterocycles. The third-order valence-electron chi connectivity index (χ3n) is 4.13. The van der Waals surface area contributed by atoms with Gasteiger partial charge in [0, 0.05) is 5.56 Å². The maximum atomic E-state index is 13.8. The number of alkyl halides is 3. The first-order valence-corrected chi connectivity index (χ1v) is 7.91. The number of pyridine rings is 1. The number of nitrogens with zero attached hydrogens (tertiary/aromatic N) is 1. The number of aromatic nitrogens is 1. The molecule has 0 bridgehead atoms. The summed E-state index contributed by atoms with van der Waals surface area (Å²) >= 11 is 0. The van der Waals surface area contributed by atoms with Crippen LogP contribution in [0.1, 0.15) is 34.3 Å². The smallest absolute Gasteiger partial charge is 0.417 e. The van der Waals surface area contributed by atoms with Crippen molar-refractivity contribution in [1.82, 2.24) is 4.98 Å². The van der Waals surface area contributed by atoms with Gasteiger partial charge in [0.2, 0.25) is 5.88 Å². The Balaban J connectivity index is 2.16. The maximum absolute atomic E-state index is 13.8. The predicted octanol–water partition coefficient (Wildman–Crippen LogP) is 4.70. The van der Waals surface area contributed by atoms with Crippen LogP contribution in [-0.2, 0) is 6.18 Å². The number of hydrogen-bond acceptors (Lipinski definition) is 3. The molecule has 26 heavy (non-hydrogen) atoms. The minimum Gasteiger partial charge on any atom is -0.477 e. The van der Waals surface area contributed by atoms with Gasteiger partial charge in [-0.2, -0.15) is 13.2 Å². The van der Waals surface area contributed by atoms with Crippen LogP contribution in [0.25, 0.3) is 11.3 Å². The molecule has 138 valence electrons. The topological polar surface area (TPSA) is 59.4 Å². The molecule has 1 fully saturated rings. The van der Waals surface area contributed by atoms with Crippen LogP contribution >= 0.6 is 0 Å². The third kappa shape index (κ3) is 3.79. The SMILES string of the molecule is Cc1ccc(-c2cc(C(F)(F)F)c(C(=O)O)c(OCC3CC3)n2)cc1F. The highest BCUT2D eigenvalue weighted by atomic mass is 19.4. The van der Waals surface area contributed by atoms with Crippen LogP contribution in [0.2, 0.25) is 0 Å². The fourth-order valence-electron chi connectivity index (χ4n) is 2.44. The first-order chi connectivity index (χ1) is 12.2. The van der Waals surface area contributed by atoms with E-state index < -0.39 is 35.0 Å². The number of carbonyl (C=O) groups is 1. The van der Waals surface area contributed by atoms with Gasteiger partial charge in [-0.15, -0.1) is 0 Å². The van der Waals surface area contributed by atoms with Crippen molar-refractivity contribution >= 4 is 5.97 Å². The molecule has 0 spiro atoms. The van der Waals surface area contributed by atoms with Crippen molar-refractivity contribution in [2.45, 2.75) is 25.9 Å². The number of benzene rings is 1. The Kier molecular flexibility index (Phi) is 4.60. The number of ether oxygens (including phenoxy) is 1. The highest BCUT2D eigenvalue weighted by Crippen LogP contribution is 2.39. The van der Waals surface area contributed by atoms with Gasteiger partial charge in [0.25, 0.3) is 0 Å². The van der Waals surface area contributed by atoms with E-state index in [0.717, 1.165) is 18.9 Å². The molecule has 3 rings (SSSR count). The Morgan fingerprint density at radius 3 is 2.54 bits per heavy atom. The van der Waals surface area contributed by atoms with Crippen molar-refractivity contribution in [2.24, 2.45) is 5.92 Å². The normalized spacial score (nSPS) is 14.3. The van der Waals surface area contributed by atoms with E-state index in [1.807, 2.05) is 0 Å². The third-order valence-corrected chi connectivity index (χ3v) is 4.13. The number of hydrogen-bond donors (Lipinski definition) is 1. The predicted molar refractivity (Wildman–Crippen MR) is 84.5 cm³/mol. The molecule has 4 nitrogen and oxygen atoms in total. The van der Waals surface area contributed by atoms with Gasteiger partial charge in [0.05, 0.1) is 17.9 Å². The van der Waals surface area contributed by atoms with E-state index in [2.05, 4.69) is 4.98 Å². The minimum absolute atomic E-state index is 0.0935. The molecule has 1 aromatic heterocycles. The van der Waals surface area contributed by atoms with Crippen molar-refractivity contribution in [3.8, 4) is 17.1 Å². The van der Waals surface area contributed by atoms with E-state index >= 15 is 0 Å². The van der Waals surface area contributed by atoms with Gasteiger partial charge < -0.3 is 9.84 Å². The standard InChI is InChI=1S/C18H15F4NO3/c1-9-2-5-11(6-13(9)19)14-7-12(18(20,21)22)15(17(24)25)16(23-14)26-8-10-3-4-10/h2,5-7,10H,3-4,8H2,1H3,(H,24,25). The summed E-state index contributed by atoms with van der Waals surface area (Å²) in [5.41, 5.74) is -2.17. The van der Waals surface area contributed by atoms with Crippen molar-refractivity contribution < 1.29 is 32.2 Å². The Labute approximate surface area is 146 Å². The highest BCUT2D eigenvalue weighted by molar-refractivity contribution is 5.93. The maximum Gasteiger partial charge on any atom is 0.417 e. The fourth-order valence-corrected chi connectivity index (χ4v) is 2.44. The van der Waals surface area contributed by atoms with E-state index in [1.165, 1.54) is 19.1 Å². The number of aromatic carboxylic acids is 1. The quantitative estimate of drug-likeness (QED) is 0.776. The number of carboxylic acids is 1. The molecule has 1 aliphatic rings. The summed E-state index contributed by atoms with van der Waals surface area (Å²) in [5, 5.41) is 9.25. The number of aryl methyl sites for hydroxylation is 1. The summed E-state index contributed by atoms with van der Waals surface area (Å²) < 4.78 is 59.3. The summed E-state index contributed by atoms with van der Waals surface area (Å²) in [6, 6.07) is 4.50. The van der Waals surface area contributed by atoms with Gasteiger partial charge in [0.15, 0.2) is 0 Å². The number of halogens is 4. The lowest BCUT2D eigenvalue weighted by Crippen LogP contribution is -2.17. The average molecular weight is 369 g/mol. The van der Waals surface area contributed by atoms with Gasteiger partial charge in [0.1, 0.15) is 11.4 Å². The van der Waals surface area contributed by atoms with Crippen molar-refractivity contribution in [3.63, 3.8) is 0 Å². The zero-order valence-electron chi connectivity index (χ0n) is 13.7. The second kappa shape index (κ2) is 6.59. The molecule has 1 aromatic carbocycles. The molecule has 0 atom stereocenters. The number of carboxylic acid groups (broad SMARTS) is 1. The second-order valence-corrected chi connectivity index (χ2v) is 6.26. The van der Waals surface area contributed by atoms with Crippen molar-refractivity contribution in [2.75, 3.05) is 6.61 Å².